The first-order chi connectivity index (χ1) is 8.24. The van der Waals surface area contributed by atoms with Gasteiger partial charge in [0, 0.05) is 17.8 Å². The predicted octanol–water partition coefficient (Wildman–Crippen LogP) is 3.76. The van der Waals surface area contributed by atoms with Crippen molar-refractivity contribution in [2.24, 2.45) is 11.7 Å². The van der Waals surface area contributed by atoms with Crippen LogP contribution in [0.4, 0.5) is 0 Å². The van der Waals surface area contributed by atoms with E-state index in [2.05, 4.69) is 6.07 Å². The van der Waals surface area contributed by atoms with E-state index in [1.54, 1.807) is 0 Å². The van der Waals surface area contributed by atoms with Gasteiger partial charge in [0.05, 0.1) is 5.02 Å². The van der Waals surface area contributed by atoms with Gasteiger partial charge in [-0.05, 0) is 37.3 Å². The molecule has 1 saturated carbocycles. The zero-order chi connectivity index (χ0) is 11.8. The SMILES string of the molecule is NC(CCc1cc2cccc(Cl)c2o1)C1CC1. The van der Waals surface area contributed by atoms with Gasteiger partial charge in [-0.15, -0.1) is 0 Å². The number of fused-ring (bicyclic) bond motifs is 1. The molecule has 0 aliphatic heterocycles. The van der Waals surface area contributed by atoms with Gasteiger partial charge >= 0.3 is 0 Å². The Morgan fingerprint density at radius 1 is 1.41 bits per heavy atom. The lowest BCUT2D eigenvalue weighted by atomic mass is 10.1. The zero-order valence-electron chi connectivity index (χ0n) is 9.66. The molecule has 3 heteroatoms. The third-order valence-corrected chi connectivity index (χ3v) is 3.80. The Morgan fingerprint density at radius 3 is 2.94 bits per heavy atom. The number of benzene rings is 1. The third kappa shape index (κ3) is 2.33. The van der Waals surface area contributed by atoms with E-state index < -0.39 is 0 Å². The summed E-state index contributed by atoms with van der Waals surface area (Å²) in [5, 5.41) is 1.76. The first-order valence-corrected chi connectivity index (χ1v) is 6.54. The Bertz CT molecular complexity index is 530. The minimum Gasteiger partial charge on any atom is -0.460 e. The first-order valence-electron chi connectivity index (χ1n) is 6.16. The van der Waals surface area contributed by atoms with Crippen LogP contribution in [0.3, 0.4) is 0 Å². The normalized spacial score (nSPS) is 17.5. The molecule has 1 atom stereocenters. The van der Waals surface area contributed by atoms with Gasteiger partial charge in [0.25, 0.3) is 0 Å². The van der Waals surface area contributed by atoms with E-state index in [-0.39, 0.29) is 0 Å². The highest BCUT2D eigenvalue weighted by Gasteiger charge is 2.28. The van der Waals surface area contributed by atoms with E-state index in [0.29, 0.717) is 11.1 Å². The van der Waals surface area contributed by atoms with Gasteiger partial charge in [0.2, 0.25) is 0 Å². The smallest absolute Gasteiger partial charge is 0.152 e. The lowest BCUT2D eigenvalue weighted by molar-refractivity contribution is 0.491. The van der Waals surface area contributed by atoms with Crippen LogP contribution in [0.15, 0.2) is 28.7 Å². The van der Waals surface area contributed by atoms with Crippen LogP contribution in [0.25, 0.3) is 11.0 Å². The Kier molecular flexibility index (Phi) is 2.85. The highest BCUT2D eigenvalue weighted by molar-refractivity contribution is 6.34. The summed E-state index contributed by atoms with van der Waals surface area (Å²) in [5.74, 6) is 1.74. The molecule has 1 aromatic heterocycles. The highest BCUT2D eigenvalue weighted by atomic mass is 35.5. The largest absolute Gasteiger partial charge is 0.460 e. The molecule has 0 bridgehead atoms. The molecule has 2 aromatic rings. The maximum Gasteiger partial charge on any atom is 0.152 e. The van der Waals surface area contributed by atoms with Crippen molar-refractivity contribution in [3.63, 3.8) is 0 Å². The van der Waals surface area contributed by atoms with Gasteiger partial charge in [0.1, 0.15) is 5.76 Å². The van der Waals surface area contributed by atoms with Crippen molar-refractivity contribution in [1.29, 1.82) is 0 Å². The summed E-state index contributed by atoms with van der Waals surface area (Å²) in [7, 11) is 0. The molecular weight excluding hydrogens is 234 g/mol. The van der Waals surface area contributed by atoms with E-state index in [1.165, 1.54) is 12.8 Å². The fourth-order valence-corrected chi connectivity index (χ4v) is 2.49. The molecule has 1 heterocycles. The second kappa shape index (κ2) is 4.35. The fraction of sp³-hybridized carbons (Fsp3) is 0.429. The van der Waals surface area contributed by atoms with Gasteiger partial charge in [-0.1, -0.05) is 23.7 Å². The van der Waals surface area contributed by atoms with E-state index in [4.69, 9.17) is 21.8 Å². The molecule has 0 amide bonds. The number of hydrogen-bond acceptors (Lipinski definition) is 2. The standard InChI is InChI=1S/C14H16ClNO/c15-12-3-1-2-10-8-11(17-14(10)12)6-7-13(16)9-4-5-9/h1-3,8-9,13H,4-7,16H2. The summed E-state index contributed by atoms with van der Waals surface area (Å²) in [4.78, 5) is 0. The summed E-state index contributed by atoms with van der Waals surface area (Å²) in [6.07, 6.45) is 4.50. The quantitative estimate of drug-likeness (QED) is 0.896. The zero-order valence-corrected chi connectivity index (χ0v) is 10.4. The summed E-state index contributed by atoms with van der Waals surface area (Å²) in [5.41, 5.74) is 6.88. The topological polar surface area (TPSA) is 39.2 Å². The van der Waals surface area contributed by atoms with Crippen molar-refractivity contribution < 1.29 is 4.42 Å². The predicted molar refractivity (Wildman–Crippen MR) is 70.2 cm³/mol. The molecule has 0 radical (unpaired) electrons. The molecule has 1 fully saturated rings. The number of hydrogen-bond donors (Lipinski definition) is 1. The van der Waals surface area contributed by atoms with Gasteiger partial charge in [0.15, 0.2) is 5.58 Å². The van der Waals surface area contributed by atoms with Gasteiger partial charge < -0.3 is 10.2 Å². The highest BCUT2D eigenvalue weighted by Crippen LogP contribution is 2.34. The van der Waals surface area contributed by atoms with Crippen LogP contribution in [0, 0.1) is 5.92 Å². The fourth-order valence-electron chi connectivity index (χ4n) is 2.27. The van der Waals surface area contributed by atoms with Crippen LogP contribution in [0.2, 0.25) is 5.02 Å². The Labute approximate surface area is 106 Å². The number of para-hydroxylation sites is 1. The van der Waals surface area contributed by atoms with Gasteiger partial charge in [-0.2, -0.15) is 0 Å². The maximum atomic E-state index is 6.08. The lowest BCUT2D eigenvalue weighted by Gasteiger charge is -2.07. The lowest BCUT2D eigenvalue weighted by Crippen LogP contribution is -2.22. The Morgan fingerprint density at radius 2 is 2.24 bits per heavy atom. The van der Waals surface area contributed by atoms with E-state index in [0.717, 1.165) is 35.5 Å². The molecule has 90 valence electrons. The molecule has 1 aliphatic rings. The number of rotatable bonds is 4. The van der Waals surface area contributed by atoms with E-state index in [9.17, 15) is 0 Å². The molecule has 3 rings (SSSR count). The minimum absolute atomic E-state index is 0.332. The second-order valence-corrected chi connectivity index (χ2v) is 5.32. The van der Waals surface area contributed by atoms with Crippen molar-refractivity contribution in [3.8, 4) is 0 Å². The van der Waals surface area contributed by atoms with Crippen molar-refractivity contribution in [3.05, 3.63) is 35.0 Å². The molecule has 2 N–H and O–H groups in total. The van der Waals surface area contributed by atoms with E-state index in [1.807, 2.05) is 18.2 Å². The third-order valence-electron chi connectivity index (χ3n) is 3.50. The Balaban J connectivity index is 1.74. The summed E-state index contributed by atoms with van der Waals surface area (Å²) < 4.78 is 5.76. The van der Waals surface area contributed by atoms with Crippen LogP contribution < -0.4 is 5.73 Å². The van der Waals surface area contributed by atoms with Crippen molar-refractivity contribution in [2.45, 2.75) is 31.7 Å². The number of halogens is 1. The average Bonchev–Trinajstić information content (AvgIpc) is 3.07. The van der Waals surface area contributed by atoms with Crippen LogP contribution in [0.5, 0.6) is 0 Å². The molecule has 0 spiro atoms. The van der Waals surface area contributed by atoms with Crippen molar-refractivity contribution in [2.75, 3.05) is 0 Å². The minimum atomic E-state index is 0.332. The maximum absolute atomic E-state index is 6.08. The van der Waals surface area contributed by atoms with Crippen LogP contribution >= 0.6 is 11.6 Å². The Hall–Kier alpha value is -0.990. The number of nitrogens with two attached hydrogens (primary N) is 1. The monoisotopic (exact) mass is 249 g/mol. The molecular formula is C14H16ClNO. The van der Waals surface area contributed by atoms with Crippen LogP contribution in [-0.2, 0) is 6.42 Å². The molecule has 1 unspecified atom stereocenters. The number of furan rings is 1. The van der Waals surface area contributed by atoms with Crippen LogP contribution in [-0.4, -0.2) is 6.04 Å². The van der Waals surface area contributed by atoms with Crippen LogP contribution in [0.1, 0.15) is 25.0 Å². The molecule has 1 aromatic carbocycles. The van der Waals surface area contributed by atoms with Crippen molar-refractivity contribution in [1.82, 2.24) is 0 Å². The molecule has 0 saturated heterocycles. The van der Waals surface area contributed by atoms with Crippen molar-refractivity contribution >= 4 is 22.6 Å². The summed E-state index contributed by atoms with van der Waals surface area (Å²) >= 11 is 6.08. The number of aryl methyl sites for hydroxylation is 1. The van der Waals surface area contributed by atoms with E-state index >= 15 is 0 Å². The summed E-state index contributed by atoms with van der Waals surface area (Å²) in [6.45, 7) is 0. The summed E-state index contributed by atoms with van der Waals surface area (Å²) in [6, 6.07) is 8.22. The molecule has 1 aliphatic carbocycles. The van der Waals surface area contributed by atoms with Gasteiger partial charge in [-0.25, -0.2) is 0 Å². The molecule has 2 nitrogen and oxygen atoms in total. The van der Waals surface area contributed by atoms with Gasteiger partial charge in [-0.3, -0.25) is 0 Å². The molecule has 17 heavy (non-hydrogen) atoms. The second-order valence-electron chi connectivity index (χ2n) is 4.91. The first kappa shape index (κ1) is 11.1. The average molecular weight is 250 g/mol.